The fourth-order valence-corrected chi connectivity index (χ4v) is 5.04. The van der Waals surface area contributed by atoms with Crippen molar-refractivity contribution in [1.29, 1.82) is 0 Å². The molecule has 2 heterocycles. The van der Waals surface area contributed by atoms with Gasteiger partial charge in [0.05, 0.1) is 24.4 Å². The zero-order valence-corrected chi connectivity index (χ0v) is 21.2. The molecule has 0 bridgehead atoms. The predicted molar refractivity (Wildman–Crippen MR) is 138 cm³/mol. The van der Waals surface area contributed by atoms with Gasteiger partial charge in [-0.2, -0.15) is 0 Å². The number of carbonyl (C=O) groups excluding carboxylic acids is 3. The van der Waals surface area contributed by atoms with Crippen LogP contribution in [0.5, 0.6) is 11.5 Å². The molecule has 9 nitrogen and oxygen atoms in total. The number of nitrogens with zero attached hydrogens (tertiary/aromatic N) is 2. The Bertz CT molecular complexity index is 1440. The van der Waals surface area contributed by atoms with E-state index >= 15 is 0 Å². The number of benzene rings is 2. The third-order valence-electron chi connectivity index (χ3n) is 5.85. The van der Waals surface area contributed by atoms with Crippen molar-refractivity contribution in [1.82, 2.24) is 4.98 Å². The van der Waals surface area contributed by atoms with Crippen molar-refractivity contribution in [3.63, 3.8) is 0 Å². The van der Waals surface area contributed by atoms with E-state index in [4.69, 9.17) is 9.47 Å². The number of aromatic hydroxyl groups is 1. The molecule has 2 N–H and O–H groups in total. The van der Waals surface area contributed by atoms with Crippen LogP contribution in [-0.4, -0.2) is 46.6 Å². The van der Waals surface area contributed by atoms with E-state index in [0.29, 0.717) is 28.1 Å². The lowest BCUT2D eigenvalue weighted by Gasteiger charge is -2.23. The van der Waals surface area contributed by atoms with Gasteiger partial charge in [0.1, 0.15) is 28.7 Å². The first kappa shape index (κ1) is 25.6. The molecule has 3 aromatic rings. The van der Waals surface area contributed by atoms with Crippen molar-refractivity contribution in [3.8, 4) is 11.5 Å². The molecule has 1 aliphatic heterocycles. The highest BCUT2D eigenvalue weighted by Gasteiger charge is 2.48. The number of hydrogen-bond donors (Lipinski definition) is 2. The molecule has 0 spiro atoms. The molecule has 2 aromatic carbocycles. The second kappa shape index (κ2) is 10.3. The van der Waals surface area contributed by atoms with Gasteiger partial charge in [0.15, 0.2) is 5.13 Å². The lowest BCUT2D eigenvalue weighted by molar-refractivity contribution is -0.132. The summed E-state index contributed by atoms with van der Waals surface area (Å²) in [6, 6.07) is 9.81. The highest BCUT2D eigenvalue weighted by molar-refractivity contribution is 7.17. The number of phenolic OH excluding ortho intramolecular Hbond substituents is 1. The fraction of sp³-hybridized carbons (Fsp3) is 0.185. The topological polar surface area (TPSA) is 126 Å². The van der Waals surface area contributed by atoms with Gasteiger partial charge in [0.25, 0.3) is 5.78 Å². The number of rotatable bonds is 7. The van der Waals surface area contributed by atoms with Crippen LogP contribution < -0.4 is 9.64 Å². The zero-order valence-electron chi connectivity index (χ0n) is 20.3. The number of phenols is 1. The lowest BCUT2D eigenvalue weighted by Crippen LogP contribution is -2.29. The highest BCUT2D eigenvalue weighted by Crippen LogP contribution is 2.44. The first-order valence-electron chi connectivity index (χ1n) is 11.2. The lowest BCUT2D eigenvalue weighted by atomic mass is 9.94. The number of Topliss-reactive ketones (excluding diaryl/α,β-unsaturated/α-hetero) is 1. The van der Waals surface area contributed by atoms with Crippen molar-refractivity contribution < 1.29 is 34.1 Å². The number of ether oxygens (including phenoxy) is 2. The quantitative estimate of drug-likeness (QED) is 0.154. The summed E-state index contributed by atoms with van der Waals surface area (Å²) in [5, 5.41) is 21.2. The van der Waals surface area contributed by atoms with Crippen LogP contribution in [0.15, 0.2) is 60.7 Å². The van der Waals surface area contributed by atoms with E-state index in [1.807, 2.05) is 0 Å². The molecular weight excluding hydrogens is 496 g/mol. The van der Waals surface area contributed by atoms with E-state index in [1.165, 1.54) is 25.3 Å². The van der Waals surface area contributed by atoms with Crippen molar-refractivity contribution in [2.75, 3.05) is 18.6 Å². The Kier molecular flexibility index (Phi) is 7.12. The Hall–Kier alpha value is -4.44. The number of aliphatic hydroxyl groups is 1. The van der Waals surface area contributed by atoms with Gasteiger partial charge >= 0.3 is 11.9 Å². The van der Waals surface area contributed by atoms with Crippen LogP contribution in [0.1, 0.15) is 38.1 Å². The molecule has 0 unspecified atom stereocenters. The molecule has 1 atom stereocenters. The molecule has 4 rings (SSSR count). The number of aliphatic hydroxyl groups excluding tert-OH is 1. The third-order valence-corrected chi connectivity index (χ3v) is 6.99. The number of carbonyl (C=O) groups is 3. The Morgan fingerprint density at radius 3 is 2.51 bits per heavy atom. The second-order valence-electron chi connectivity index (χ2n) is 8.24. The van der Waals surface area contributed by atoms with Crippen LogP contribution in [0.4, 0.5) is 5.13 Å². The standard InChI is InChI=1S/C27H24N2O7S/c1-5-12-36-26(34)24-15(3)28-27(37-24)29-21(16-6-8-17(30)9-7-16)20(23(32)25(29)33)22(31)19-11-10-18(35-4)13-14(19)2/h5-11,13,21,30-31H,1,12H2,2-4H3/t21-/m0/s1. The number of thiazole rings is 1. The fourth-order valence-electron chi connectivity index (χ4n) is 4.05. The minimum atomic E-state index is -1.07. The molecule has 0 saturated carbocycles. The Morgan fingerprint density at radius 1 is 1.19 bits per heavy atom. The second-order valence-corrected chi connectivity index (χ2v) is 9.22. The average Bonchev–Trinajstić information content (AvgIpc) is 3.39. The largest absolute Gasteiger partial charge is 0.508 e. The SMILES string of the molecule is C=CCOC(=O)c1sc(N2C(=O)C(=O)C(=C(O)c3ccc(OC)cc3C)[C@@H]2c2ccc(O)cc2)nc1C. The third kappa shape index (κ3) is 4.70. The Labute approximate surface area is 216 Å². The van der Waals surface area contributed by atoms with Gasteiger partial charge in [-0.3, -0.25) is 14.5 Å². The molecular formula is C27H24N2O7S. The van der Waals surface area contributed by atoms with E-state index < -0.39 is 23.7 Å². The monoisotopic (exact) mass is 520 g/mol. The van der Waals surface area contributed by atoms with E-state index in [2.05, 4.69) is 11.6 Å². The Balaban J connectivity index is 1.89. The van der Waals surface area contributed by atoms with Gasteiger partial charge < -0.3 is 19.7 Å². The molecule has 1 fully saturated rings. The summed E-state index contributed by atoms with van der Waals surface area (Å²) < 4.78 is 10.3. The van der Waals surface area contributed by atoms with Crippen LogP contribution in [0.2, 0.25) is 0 Å². The minimum Gasteiger partial charge on any atom is -0.508 e. The first-order valence-corrected chi connectivity index (χ1v) is 12.0. The number of ketones is 1. The molecule has 1 amide bonds. The van der Waals surface area contributed by atoms with Crippen LogP contribution in [0.3, 0.4) is 0 Å². The van der Waals surface area contributed by atoms with Crippen molar-refractivity contribution in [3.05, 3.63) is 88.0 Å². The summed E-state index contributed by atoms with van der Waals surface area (Å²) in [6.45, 7) is 6.86. The number of methoxy groups -OCH3 is 1. The van der Waals surface area contributed by atoms with Gasteiger partial charge in [0.2, 0.25) is 0 Å². The summed E-state index contributed by atoms with van der Waals surface area (Å²) in [6.07, 6.45) is 1.43. The number of aromatic nitrogens is 1. The summed E-state index contributed by atoms with van der Waals surface area (Å²) in [5.74, 6) is -2.26. The zero-order chi connectivity index (χ0) is 26.9. The molecule has 10 heteroatoms. The summed E-state index contributed by atoms with van der Waals surface area (Å²) in [4.78, 5) is 44.9. The average molecular weight is 521 g/mol. The van der Waals surface area contributed by atoms with E-state index in [-0.39, 0.29) is 33.7 Å². The number of amides is 1. The van der Waals surface area contributed by atoms with Crippen LogP contribution in [0, 0.1) is 13.8 Å². The molecule has 37 heavy (non-hydrogen) atoms. The summed E-state index contributed by atoms with van der Waals surface area (Å²) in [7, 11) is 1.52. The molecule has 1 aromatic heterocycles. The van der Waals surface area contributed by atoms with E-state index in [1.54, 1.807) is 44.2 Å². The molecule has 0 radical (unpaired) electrons. The number of anilines is 1. The van der Waals surface area contributed by atoms with Gasteiger partial charge in [-0.15, -0.1) is 0 Å². The van der Waals surface area contributed by atoms with Crippen LogP contribution in [0.25, 0.3) is 5.76 Å². The number of hydrogen-bond acceptors (Lipinski definition) is 9. The van der Waals surface area contributed by atoms with Gasteiger partial charge in [-0.05, 0) is 55.3 Å². The molecule has 0 aliphatic carbocycles. The maximum Gasteiger partial charge on any atom is 0.350 e. The summed E-state index contributed by atoms with van der Waals surface area (Å²) >= 11 is 0.903. The summed E-state index contributed by atoms with van der Waals surface area (Å²) in [5.41, 5.74) is 1.61. The van der Waals surface area contributed by atoms with Crippen molar-refractivity contribution >= 4 is 39.9 Å². The first-order chi connectivity index (χ1) is 17.7. The predicted octanol–water partition coefficient (Wildman–Crippen LogP) is 4.44. The van der Waals surface area contributed by atoms with Crippen molar-refractivity contribution in [2.45, 2.75) is 19.9 Å². The van der Waals surface area contributed by atoms with Gasteiger partial charge in [0, 0.05) is 5.56 Å². The number of aryl methyl sites for hydroxylation is 2. The number of esters is 1. The molecule has 1 aliphatic rings. The van der Waals surface area contributed by atoms with Gasteiger partial charge in [-0.1, -0.05) is 36.1 Å². The minimum absolute atomic E-state index is 0.00470. The highest BCUT2D eigenvalue weighted by atomic mass is 32.1. The van der Waals surface area contributed by atoms with Crippen LogP contribution >= 0.6 is 11.3 Å². The van der Waals surface area contributed by atoms with Crippen LogP contribution in [-0.2, 0) is 14.3 Å². The Morgan fingerprint density at radius 2 is 1.89 bits per heavy atom. The molecule has 190 valence electrons. The normalized spacial score (nSPS) is 16.6. The van der Waals surface area contributed by atoms with E-state index in [9.17, 15) is 24.6 Å². The smallest absolute Gasteiger partial charge is 0.350 e. The van der Waals surface area contributed by atoms with Crippen molar-refractivity contribution in [2.24, 2.45) is 0 Å². The maximum atomic E-state index is 13.3. The molecule has 1 saturated heterocycles. The van der Waals surface area contributed by atoms with Gasteiger partial charge in [-0.25, -0.2) is 9.78 Å². The van der Waals surface area contributed by atoms with E-state index in [0.717, 1.165) is 16.2 Å². The maximum absolute atomic E-state index is 13.3.